The van der Waals surface area contributed by atoms with Crippen LogP contribution in [0.25, 0.3) is 28.2 Å². The van der Waals surface area contributed by atoms with E-state index >= 15 is 0 Å². The Hall–Kier alpha value is -3.79. The first-order valence-electron chi connectivity index (χ1n) is 11.1. The predicted molar refractivity (Wildman–Crippen MR) is 125 cm³/mol. The van der Waals surface area contributed by atoms with Gasteiger partial charge in [0.2, 0.25) is 5.82 Å². The van der Waals surface area contributed by atoms with Gasteiger partial charge in [-0.25, -0.2) is 4.39 Å². The zero-order chi connectivity index (χ0) is 26.0. The fraction of sp³-hybridized carbons (Fsp3) is 0.269. The van der Waals surface area contributed by atoms with Crippen molar-refractivity contribution in [1.82, 2.24) is 15.0 Å². The first kappa shape index (κ1) is 25.3. The Labute approximate surface area is 204 Å². The summed E-state index contributed by atoms with van der Waals surface area (Å²) in [6, 6.07) is 10.6. The van der Waals surface area contributed by atoms with E-state index in [4.69, 9.17) is 9.63 Å². The van der Waals surface area contributed by atoms with Crippen molar-refractivity contribution in [2.24, 2.45) is 5.92 Å². The van der Waals surface area contributed by atoms with Gasteiger partial charge in [-0.1, -0.05) is 41.6 Å². The van der Waals surface area contributed by atoms with Crippen LogP contribution in [0.5, 0.6) is 0 Å². The van der Waals surface area contributed by atoms with E-state index in [-0.39, 0.29) is 42.4 Å². The number of alkyl halides is 3. The van der Waals surface area contributed by atoms with Crippen molar-refractivity contribution in [3.8, 4) is 22.6 Å². The van der Waals surface area contributed by atoms with E-state index in [1.165, 1.54) is 23.1 Å². The molecule has 1 aliphatic carbocycles. The number of carboxylic acid groups (broad SMARTS) is 1. The Bertz CT molecular complexity index is 1340. The van der Waals surface area contributed by atoms with Crippen molar-refractivity contribution in [1.29, 1.82) is 0 Å². The fourth-order valence-corrected chi connectivity index (χ4v) is 4.18. The van der Waals surface area contributed by atoms with Crippen LogP contribution in [0.4, 0.5) is 17.6 Å². The second-order valence-corrected chi connectivity index (χ2v) is 8.71. The molecular weight excluding hydrogens is 478 g/mol. The summed E-state index contributed by atoms with van der Waals surface area (Å²) >= 11 is 0. The number of hydrogen-bond donors (Lipinski definition) is 1. The maximum absolute atomic E-state index is 14.7. The van der Waals surface area contributed by atoms with Gasteiger partial charge in [-0.15, -0.1) is 0 Å². The second-order valence-electron chi connectivity index (χ2n) is 8.71. The number of aliphatic carboxylic acids is 1. The molecule has 0 saturated heterocycles. The lowest BCUT2D eigenvalue weighted by atomic mass is 9.94. The normalized spacial score (nSPS) is 16.1. The molecule has 4 rings (SSSR count). The van der Waals surface area contributed by atoms with Crippen molar-refractivity contribution in [3.63, 3.8) is 0 Å². The van der Waals surface area contributed by atoms with Crippen LogP contribution in [0.2, 0.25) is 0 Å². The Balaban J connectivity index is 1.59. The van der Waals surface area contributed by atoms with Gasteiger partial charge in [0, 0.05) is 23.6 Å². The maximum atomic E-state index is 14.7. The van der Waals surface area contributed by atoms with Gasteiger partial charge in [-0.2, -0.15) is 18.2 Å². The lowest BCUT2D eigenvalue weighted by molar-refractivity contribution is -0.138. The molecule has 0 amide bonds. The molecule has 2 aromatic carbocycles. The summed E-state index contributed by atoms with van der Waals surface area (Å²) in [5, 5.41) is 12.7. The fourth-order valence-electron chi connectivity index (χ4n) is 4.18. The summed E-state index contributed by atoms with van der Waals surface area (Å²) in [5.41, 5.74) is 0.827. The van der Waals surface area contributed by atoms with Gasteiger partial charge in [0.05, 0.1) is 12.1 Å². The van der Waals surface area contributed by atoms with Gasteiger partial charge in [0.1, 0.15) is 5.83 Å². The summed E-state index contributed by atoms with van der Waals surface area (Å²) in [6.45, 7) is 1.74. The molecule has 6 nitrogen and oxygen atoms in total. The molecule has 0 bridgehead atoms. The van der Waals surface area contributed by atoms with Gasteiger partial charge in [-0.05, 0) is 55.3 Å². The predicted octanol–water partition coefficient (Wildman–Crippen LogP) is 6.00. The van der Waals surface area contributed by atoms with Crippen LogP contribution in [0, 0.1) is 12.8 Å². The Morgan fingerprint density at radius 3 is 2.61 bits per heavy atom. The molecule has 10 heteroatoms. The number of halogens is 4. The molecule has 0 saturated carbocycles. The summed E-state index contributed by atoms with van der Waals surface area (Å²) in [4.78, 5) is 16.5. The highest BCUT2D eigenvalue weighted by Crippen LogP contribution is 2.40. The molecule has 0 fully saturated rings. The second kappa shape index (κ2) is 10.1. The SMILES string of the molecule is Cc1ccccc1-c1ccc(-c2nc(C3=CCC(CN(C)CC(=O)O)C(F)=C3)no2)cc1C(F)(F)F. The molecule has 1 N–H and O–H groups in total. The monoisotopic (exact) mass is 501 g/mol. The van der Waals surface area contributed by atoms with E-state index in [0.29, 0.717) is 16.7 Å². The van der Waals surface area contributed by atoms with Crippen molar-refractivity contribution >= 4 is 11.5 Å². The molecule has 1 unspecified atom stereocenters. The molecular formula is C26H23F4N3O3. The highest BCUT2D eigenvalue weighted by atomic mass is 19.4. The van der Waals surface area contributed by atoms with E-state index in [2.05, 4.69) is 10.1 Å². The average molecular weight is 501 g/mol. The molecule has 188 valence electrons. The topological polar surface area (TPSA) is 79.5 Å². The van der Waals surface area contributed by atoms with Gasteiger partial charge in [0.25, 0.3) is 5.89 Å². The van der Waals surface area contributed by atoms with E-state index in [1.807, 2.05) is 0 Å². The smallest absolute Gasteiger partial charge is 0.417 e. The number of carbonyl (C=O) groups is 1. The van der Waals surface area contributed by atoms with Crippen LogP contribution >= 0.6 is 0 Å². The first-order chi connectivity index (χ1) is 17.0. The third-order valence-electron chi connectivity index (χ3n) is 5.93. The molecule has 36 heavy (non-hydrogen) atoms. The molecule has 1 atom stereocenters. The van der Waals surface area contributed by atoms with Crippen LogP contribution in [-0.4, -0.2) is 46.3 Å². The minimum atomic E-state index is -4.61. The largest absolute Gasteiger partial charge is 0.480 e. The van der Waals surface area contributed by atoms with Gasteiger partial charge in [-0.3, -0.25) is 9.69 Å². The van der Waals surface area contributed by atoms with E-state index < -0.39 is 29.5 Å². The number of likely N-dealkylation sites (N-methyl/N-ethyl adjacent to an activating group) is 1. The molecule has 0 radical (unpaired) electrons. The van der Waals surface area contributed by atoms with E-state index in [0.717, 1.165) is 6.07 Å². The minimum absolute atomic E-state index is 0.0444. The molecule has 0 aliphatic heterocycles. The Morgan fingerprint density at radius 2 is 1.94 bits per heavy atom. The Kier molecular flexibility index (Phi) is 7.07. The number of aryl methyl sites for hydroxylation is 1. The first-order valence-corrected chi connectivity index (χ1v) is 11.1. The maximum Gasteiger partial charge on any atom is 0.417 e. The minimum Gasteiger partial charge on any atom is -0.480 e. The molecule has 1 aromatic heterocycles. The number of benzene rings is 2. The van der Waals surface area contributed by atoms with Crippen LogP contribution in [-0.2, 0) is 11.0 Å². The highest BCUT2D eigenvalue weighted by Gasteiger charge is 2.35. The van der Waals surface area contributed by atoms with Crippen LogP contribution in [0.15, 0.2) is 65.0 Å². The summed E-state index contributed by atoms with van der Waals surface area (Å²) < 4.78 is 61.7. The van der Waals surface area contributed by atoms with Crippen molar-refractivity contribution in [3.05, 3.63) is 77.4 Å². The van der Waals surface area contributed by atoms with Gasteiger partial charge >= 0.3 is 12.1 Å². The zero-order valence-electron chi connectivity index (χ0n) is 19.5. The van der Waals surface area contributed by atoms with E-state index in [9.17, 15) is 22.4 Å². The lowest BCUT2D eigenvalue weighted by Gasteiger charge is -2.23. The number of hydrogen-bond acceptors (Lipinski definition) is 5. The third-order valence-corrected chi connectivity index (χ3v) is 5.93. The molecule has 0 spiro atoms. The number of nitrogens with zero attached hydrogens (tertiary/aromatic N) is 3. The lowest BCUT2D eigenvalue weighted by Crippen LogP contribution is -2.31. The van der Waals surface area contributed by atoms with Crippen LogP contribution in [0.3, 0.4) is 0 Å². The van der Waals surface area contributed by atoms with Crippen molar-refractivity contribution in [2.75, 3.05) is 20.1 Å². The number of allylic oxidation sites excluding steroid dienone is 3. The summed E-state index contributed by atoms with van der Waals surface area (Å²) in [5.74, 6) is -2.06. The quantitative estimate of drug-likeness (QED) is 0.400. The molecule has 1 aliphatic rings. The van der Waals surface area contributed by atoms with Crippen molar-refractivity contribution in [2.45, 2.75) is 19.5 Å². The zero-order valence-corrected chi connectivity index (χ0v) is 19.5. The van der Waals surface area contributed by atoms with Gasteiger partial charge in [0.15, 0.2) is 0 Å². The van der Waals surface area contributed by atoms with Gasteiger partial charge < -0.3 is 9.63 Å². The van der Waals surface area contributed by atoms with E-state index in [1.54, 1.807) is 44.3 Å². The van der Waals surface area contributed by atoms with Crippen LogP contribution in [0.1, 0.15) is 23.4 Å². The summed E-state index contributed by atoms with van der Waals surface area (Å²) in [6.07, 6.45) is -1.40. The molecule has 3 aromatic rings. The highest BCUT2D eigenvalue weighted by molar-refractivity contribution is 5.75. The van der Waals surface area contributed by atoms with Crippen LogP contribution < -0.4 is 0 Å². The number of carboxylic acids is 1. The standard InChI is InChI=1S/C26H23F4N3O3/c1-15-5-3-4-6-19(15)20-10-9-17(11-21(20)26(28,29)30)25-31-24(32-36-25)16-7-8-18(22(27)12-16)13-33(2)14-23(34)35/h3-7,9-12,18H,8,13-14H2,1-2H3,(H,34,35). The number of rotatable bonds is 7. The third kappa shape index (κ3) is 5.54. The Morgan fingerprint density at radius 1 is 1.19 bits per heavy atom. The average Bonchev–Trinajstić information content (AvgIpc) is 3.30. The molecule has 1 heterocycles. The number of aromatic nitrogens is 2. The van der Waals surface area contributed by atoms with Crippen molar-refractivity contribution < 1.29 is 32.0 Å². The summed E-state index contributed by atoms with van der Waals surface area (Å²) in [7, 11) is 1.59.